The molecule has 1 fully saturated rings. The largest absolute Gasteiger partial charge is 0.307 e. The zero-order valence-electron chi connectivity index (χ0n) is 9.24. The summed E-state index contributed by atoms with van der Waals surface area (Å²) in [5.41, 5.74) is -0.667. The van der Waals surface area contributed by atoms with Gasteiger partial charge in [0, 0.05) is 17.4 Å². The van der Waals surface area contributed by atoms with Crippen LogP contribution in [0, 0.1) is 11.6 Å². The second-order valence-corrected chi connectivity index (χ2v) is 6.56. The number of hydrogen-bond acceptors (Lipinski definition) is 3. The van der Waals surface area contributed by atoms with Crippen molar-refractivity contribution in [3.63, 3.8) is 0 Å². The number of amides is 1. The van der Waals surface area contributed by atoms with Crippen LogP contribution in [0.4, 0.5) is 18.4 Å². The number of rotatable bonds is 2. The van der Waals surface area contributed by atoms with Crippen LogP contribution >= 0.6 is 15.9 Å². The number of carbonyl (C=O) groups is 1. The van der Waals surface area contributed by atoms with Crippen molar-refractivity contribution in [3.8, 4) is 0 Å². The van der Waals surface area contributed by atoms with Crippen molar-refractivity contribution in [1.82, 2.24) is 0 Å². The number of benzene rings is 1. The van der Waals surface area contributed by atoms with Crippen LogP contribution in [0.1, 0.15) is 6.42 Å². The van der Waals surface area contributed by atoms with Crippen LogP contribution in [0.2, 0.25) is 0 Å². The van der Waals surface area contributed by atoms with E-state index in [0.717, 1.165) is 12.1 Å². The normalized spacial score (nSPS) is 20.1. The van der Waals surface area contributed by atoms with Gasteiger partial charge in [0.1, 0.15) is 10.9 Å². The van der Waals surface area contributed by atoms with E-state index in [1.54, 1.807) is 0 Å². The first-order chi connectivity index (χ1) is 8.70. The Kier molecular flexibility index (Phi) is 3.61. The third kappa shape index (κ3) is 2.76. The Balaban J connectivity index is 2.42. The molecule has 1 saturated heterocycles. The molecule has 0 N–H and O–H groups in total. The highest BCUT2D eigenvalue weighted by Gasteiger charge is 2.40. The fraction of sp³-hybridized carbons (Fsp3) is 0.300. The van der Waals surface area contributed by atoms with E-state index in [0.29, 0.717) is 4.90 Å². The van der Waals surface area contributed by atoms with Gasteiger partial charge in [0.2, 0.25) is 5.91 Å². The summed E-state index contributed by atoms with van der Waals surface area (Å²) in [5.74, 6) is -2.90. The summed E-state index contributed by atoms with van der Waals surface area (Å²) in [6.07, 6.45) is -0.631. The molecule has 4 nitrogen and oxygen atoms in total. The van der Waals surface area contributed by atoms with Gasteiger partial charge in [-0.2, -0.15) is 8.42 Å². The predicted octanol–water partition coefficient (Wildman–Crippen LogP) is 2.13. The Morgan fingerprint density at radius 2 is 1.79 bits per heavy atom. The van der Waals surface area contributed by atoms with Crippen molar-refractivity contribution in [1.29, 1.82) is 0 Å². The molecule has 1 atom stereocenters. The van der Waals surface area contributed by atoms with Crippen molar-refractivity contribution in [2.24, 2.45) is 0 Å². The summed E-state index contributed by atoms with van der Waals surface area (Å²) in [5, 5.41) is -1.59. The number of halogens is 4. The minimum atomic E-state index is -4.93. The highest BCUT2D eigenvalue weighted by atomic mass is 79.9. The second-order valence-electron chi connectivity index (χ2n) is 4.02. The first kappa shape index (κ1) is 14.3. The van der Waals surface area contributed by atoms with Gasteiger partial charge in [-0.15, -0.1) is 3.89 Å². The molecule has 2 rings (SSSR count). The van der Waals surface area contributed by atoms with Gasteiger partial charge in [0.05, 0.1) is 0 Å². The molecule has 1 aromatic carbocycles. The monoisotopic (exact) mass is 357 g/mol. The standard InChI is InChI=1S/C10H7BrF3NO3S/c11-5-1-7(12)10(8(13)2-5)15-4-6(3-9(15)16)19(14,17)18/h1-2,6H,3-4H2. The van der Waals surface area contributed by atoms with Crippen LogP contribution in [0.15, 0.2) is 16.6 Å². The topological polar surface area (TPSA) is 54.5 Å². The van der Waals surface area contributed by atoms with Crippen molar-refractivity contribution in [2.75, 3.05) is 11.4 Å². The fourth-order valence-electron chi connectivity index (χ4n) is 1.87. The van der Waals surface area contributed by atoms with Crippen molar-refractivity contribution in [2.45, 2.75) is 11.7 Å². The quantitative estimate of drug-likeness (QED) is 0.762. The molecule has 0 saturated carbocycles. The van der Waals surface area contributed by atoms with Gasteiger partial charge in [-0.25, -0.2) is 8.78 Å². The molecule has 0 aliphatic carbocycles. The SMILES string of the molecule is O=C1CC(S(=O)(=O)F)CN1c1c(F)cc(Br)cc1F. The third-order valence-electron chi connectivity index (χ3n) is 2.74. The van der Waals surface area contributed by atoms with Gasteiger partial charge in [0.15, 0.2) is 11.6 Å². The van der Waals surface area contributed by atoms with E-state index in [1.165, 1.54) is 0 Å². The lowest BCUT2D eigenvalue weighted by molar-refractivity contribution is -0.117. The van der Waals surface area contributed by atoms with E-state index < -0.39 is 51.7 Å². The maximum Gasteiger partial charge on any atom is 0.307 e. The number of carbonyl (C=O) groups excluding carboxylic acids is 1. The highest BCUT2D eigenvalue weighted by molar-refractivity contribution is 9.10. The molecule has 0 bridgehead atoms. The Morgan fingerprint density at radius 3 is 2.21 bits per heavy atom. The third-order valence-corrected chi connectivity index (χ3v) is 4.31. The lowest BCUT2D eigenvalue weighted by atomic mass is 10.2. The summed E-state index contributed by atoms with van der Waals surface area (Å²) in [6, 6.07) is 1.87. The van der Waals surface area contributed by atoms with Crippen molar-refractivity contribution in [3.05, 3.63) is 28.2 Å². The lowest BCUT2D eigenvalue weighted by Gasteiger charge is -2.17. The maximum atomic E-state index is 13.7. The Hall–Kier alpha value is -1.09. The minimum absolute atomic E-state index is 0.132. The van der Waals surface area contributed by atoms with E-state index in [9.17, 15) is 25.9 Å². The van der Waals surface area contributed by atoms with Crippen LogP contribution in [-0.2, 0) is 15.0 Å². The Morgan fingerprint density at radius 1 is 1.26 bits per heavy atom. The summed E-state index contributed by atoms with van der Waals surface area (Å²) in [7, 11) is -4.93. The molecular formula is C10H7BrF3NO3S. The molecule has 1 aromatic rings. The summed E-state index contributed by atoms with van der Waals surface area (Å²) >= 11 is 2.88. The average Bonchev–Trinajstić information content (AvgIpc) is 2.59. The fourth-order valence-corrected chi connectivity index (χ4v) is 2.94. The summed E-state index contributed by atoms with van der Waals surface area (Å²) in [4.78, 5) is 12.2. The van der Waals surface area contributed by atoms with Gasteiger partial charge in [-0.3, -0.25) is 4.79 Å². The molecule has 1 heterocycles. The number of hydrogen-bond donors (Lipinski definition) is 0. The molecule has 0 aromatic heterocycles. The van der Waals surface area contributed by atoms with Crippen molar-refractivity contribution >= 4 is 37.7 Å². The zero-order valence-corrected chi connectivity index (χ0v) is 11.6. The Bertz CT molecular complexity index is 626. The van der Waals surface area contributed by atoms with E-state index in [4.69, 9.17) is 0 Å². The van der Waals surface area contributed by atoms with E-state index >= 15 is 0 Å². The predicted molar refractivity (Wildman–Crippen MR) is 64.8 cm³/mol. The van der Waals surface area contributed by atoms with Crippen molar-refractivity contribution < 1.29 is 25.9 Å². The highest BCUT2D eigenvalue weighted by Crippen LogP contribution is 2.32. The first-order valence-electron chi connectivity index (χ1n) is 5.08. The van der Waals surface area contributed by atoms with Crippen LogP contribution in [0.3, 0.4) is 0 Å². The van der Waals surface area contributed by atoms with Gasteiger partial charge in [0.25, 0.3) is 0 Å². The van der Waals surface area contributed by atoms with Gasteiger partial charge < -0.3 is 4.90 Å². The molecule has 1 amide bonds. The van der Waals surface area contributed by atoms with E-state index in [1.807, 2.05) is 0 Å². The zero-order chi connectivity index (χ0) is 14.4. The molecule has 0 spiro atoms. The smallest absolute Gasteiger partial charge is 0.306 e. The van der Waals surface area contributed by atoms with Gasteiger partial charge >= 0.3 is 10.2 Å². The number of anilines is 1. The van der Waals surface area contributed by atoms with Gasteiger partial charge in [-0.1, -0.05) is 15.9 Å². The minimum Gasteiger partial charge on any atom is -0.306 e. The maximum absolute atomic E-state index is 13.7. The van der Waals surface area contributed by atoms with E-state index in [2.05, 4.69) is 15.9 Å². The molecule has 1 aliphatic heterocycles. The molecule has 1 unspecified atom stereocenters. The van der Waals surface area contributed by atoms with Crippen LogP contribution in [0.25, 0.3) is 0 Å². The van der Waals surface area contributed by atoms with E-state index in [-0.39, 0.29) is 4.47 Å². The first-order valence-corrected chi connectivity index (χ1v) is 7.32. The molecule has 0 radical (unpaired) electrons. The second kappa shape index (κ2) is 4.78. The van der Waals surface area contributed by atoms with Crippen LogP contribution in [-0.4, -0.2) is 26.1 Å². The summed E-state index contributed by atoms with van der Waals surface area (Å²) < 4.78 is 61.7. The number of nitrogens with zero attached hydrogens (tertiary/aromatic N) is 1. The average molecular weight is 358 g/mol. The molecule has 1 aliphatic rings. The van der Waals surface area contributed by atoms with Crippen LogP contribution in [0.5, 0.6) is 0 Å². The molecular weight excluding hydrogens is 351 g/mol. The molecule has 19 heavy (non-hydrogen) atoms. The summed E-state index contributed by atoms with van der Waals surface area (Å²) in [6.45, 7) is -0.604. The lowest BCUT2D eigenvalue weighted by Crippen LogP contribution is -2.28. The molecule has 9 heteroatoms. The molecule has 104 valence electrons. The van der Waals surface area contributed by atoms with Gasteiger partial charge in [-0.05, 0) is 12.1 Å². The Labute approximate surface area is 115 Å². The van der Waals surface area contributed by atoms with Crippen LogP contribution < -0.4 is 4.90 Å².